The van der Waals surface area contributed by atoms with E-state index in [1.165, 1.54) is 97.1 Å². The van der Waals surface area contributed by atoms with Gasteiger partial charge in [-0.1, -0.05) is 0 Å². The molecule has 8 N–H and O–H groups in total. The van der Waals surface area contributed by atoms with Gasteiger partial charge < -0.3 is 10.6 Å². The lowest BCUT2D eigenvalue weighted by Gasteiger charge is -2.11. The maximum absolute atomic E-state index is 12.8. The summed E-state index contributed by atoms with van der Waals surface area (Å²) in [6, 6.07) is 25.8. The molecule has 0 bridgehead atoms. The molecular weight excluding hydrogens is 757 g/mol. The van der Waals surface area contributed by atoms with Gasteiger partial charge in [-0.05, 0) is 121 Å². The minimum Gasteiger partial charge on any atom is -0.322 e. The molecule has 2 amide bonds. The van der Waals surface area contributed by atoms with Crippen molar-refractivity contribution >= 4 is 74.7 Å². The summed E-state index contributed by atoms with van der Waals surface area (Å²) in [5, 5.41) is 15.4. The van der Waals surface area contributed by atoms with E-state index in [-0.39, 0.29) is 53.5 Å². The number of anilines is 4. The molecule has 20 heteroatoms. The number of hydrogen-bond donors (Lipinski definition) is 6. The van der Waals surface area contributed by atoms with E-state index in [1.54, 1.807) is 0 Å². The average molecular weight is 785 g/mol. The van der Waals surface area contributed by atoms with E-state index in [1.807, 2.05) is 0 Å². The molecule has 0 unspecified atom stereocenters. The summed E-state index contributed by atoms with van der Waals surface area (Å²) in [4.78, 5) is 25.0. The van der Waals surface area contributed by atoms with Gasteiger partial charge in [-0.25, -0.2) is 43.9 Å². The number of rotatable bonds is 12. The van der Waals surface area contributed by atoms with E-state index >= 15 is 0 Å². The Bertz CT molecular complexity index is 2400. The Hall–Kier alpha value is -5.64. The van der Waals surface area contributed by atoms with Crippen molar-refractivity contribution in [1.29, 1.82) is 0 Å². The molecular formula is C32H28N6O10S4. The van der Waals surface area contributed by atoms with Crippen molar-refractivity contribution < 1.29 is 43.3 Å². The topological polar surface area (TPSA) is 271 Å². The van der Waals surface area contributed by atoms with Gasteiger partial charge in [0, 0.05) is 33.9 Å². The maximum Gasteiger partial charge on any atom is 0.261 e. The molecule has 5 aromatic rings. The number of primary sulfonamides is 2. The van der Waals surface area contributed by atoms with Gasteiger partial charge in [-0.2, -0.15) is 0 Å². The zero-order chi connectivity index (χ0) is 37.9. The summed E-state index contributed by atoms with van der Waals surface area (Å²) < 4.78 is 101. The van der Waals surface area contributed by atoms with E-state index in [4.69, 9.17) is 10.3 Å². The molecule has 0 saturated carbocycles. The number of nitrogens with one attached hydrogen (secondary N) is 4. The molecule has 0 saturated heterocycles. The van der Waals surface area contributed by atoms with Crippen LogP contribution in [0.3, 0.4) is 0 Å². The third-order valence-corrected chi connectivity index (χ3v) is 11.8. The van der Waals surface area contributed by atoms with E-state index in [2.05, 4.69) is 20.1 Å². The fourth-order valence-corrected chi connectivity index (χ4v) is 7.62. The largest absolute Gasteiger partial charge is 0.322 e. The highest BCUT2D eigenvalue weighted by atomic mass is 32.2. The lowest BCUT2D eigenvalue weighted by Crippen LogP contribution is -2.16. The normalized spacial score (nSPS) is 12.0. The average Bonchev–Trinajstić information content (AvgIpc) is 3.08. The number of carbonyl (C=O) groups excluding carboxylic acids is 2. The van der Waals surface area contributed by atoms with Crippen LogP contribution in [0.15, 0.2) is 141 Å². The van der Waals surface area contributed by atoms with Crippen molar-refractivity contribution in [2.45, 2.75) is 19.6 Å². The lowest BCUT2D eigenvalue weighted by atomic mass is 10.1. The standard InChI is InChI=1S/C32H28N6O10S4/c33-49(41,42)27-13-9-25(10-14-27)37-51(45,46)29-17-5-23(6-18-29)35-31(39)21-1-2-22(4-3-21)32(40)36-24-7-19-30(20-8-24)52(47,48)38-26-11-15-28(16-12-26)50(34,43)44/h1-20,37-38H,(H,35,39)(H,36,40)(H2,33,41,42)(H2,34,43,44). The molecule has 0 atom stereocenters. The van der Waals surface area contributed by atoms with Gasteiger partial charge in [0.2, 0.25) is 20.0 Å². The summed E-state index contributed by atoms with van der Waals surface area (Å²) in [5.74, 6) is -1.08. The van der Waals surface area contributed by atoms with Gasteiger partial charge in [0.25, 0.3) is 31.9 Å². The molecule has 270 valence electrons. The van der Waals surface area contributed by atoms with Crippen LogP contribution in [-0.4, -0.2) is 45.5 Å². The Kier molecular flexibility index (Phi) is 10.5. The Balaban J connectivity index is 1.15. The second-order valence-corrected chi connectivity index (χ2v) is 17.4. The van der Waals surface area contributed by atoms with Crippen molar-refractivity contribution in [1.82, 2.24) is 0 Å². The second kappa shape index (κ2) is 14.5. The maximum atomic E-state index is 12.8. The molecule has 0 aliphatic carbocycles. The van der Waals surface area contributed by atoms with Crippen LogP contribution < -0.4 is 30.4 Å². The highest BCUT2D eigenvalue weighted by Gasteiger charge is 2.18. The zero-order valence-electron chi connectivity index (χ0n) is 26.4. The number of hydrogen-bond acceptors (Lipinski definition) is 10. The van der Waals surface area contributed by atoms with Crippen LogP contribution in [0, 0.1) is 0 Å². The molecule has 0 spiro atoms. The lowest BCUT2D eigenvalue weighted by molar-refractivity contribution is 0.101. The number of benzene rings is 5. The van der Waals surface area contributed by atoms with Crippen LogP contribution in [0.25, 0.3) is 0 Å². The first kappa shape index (κ1) is 37.6. The summed E-state index contributed by atoms with van der Waals surface area (Å²) in [5.41, 5.74) is 1.16. The SMILES string of the molecule is NS(=O)(=O)c1ccc(NS(=O)(=O)c2ccc(NC(=O)c3ccc(C(=O)Nc4ccc(S(=O)(=O)Nc5ccc(S(N)(=O)=O)cc5)cc4)cc3)cc2)cc1. The summed E-state index contributed by atoms with van der Waals surface area (Å²) in [6.45, 7) is 0. The zero-order valence-corrected chi connectivity index (χ0v) is 29.7. The van der Waals surface area contributed by atoms with Crippen LogP contribution in [0.4, 0.5) is 22.7 Å². The number of nitrogens with two attached hydrogens (primary N) is 2. The van der Waals surface area contributed by atoms with E-state index in [9.17, 15) is 43.3 Å². The summed E-state index contributed by atoms with van der Waals surface area (Å²) >= 11 is 0. The third kappa shape index (κ3) is 9.37. The Morgan fingerprint density at radius 2 is 0.615 bits per heavy atom. The molecule has 5 rings (SSSR count). The minimum atomic E-state index is -4.05. The molecule has 52 heavy (non-hydrogen) atoms. The molecule has 0 aliphatic rings. The third-order valence-electron chi connectivity index (χ3n) is 7.12. The van der Waals surface area contributed by atoms with Crippen molar-refractivity contribution in [3.63, 3.8) is 0 Å². The quantitative estimate of drug-likeness (QED) is 0.108. The van der Waals surface area contributed by atoms with Gasteiger partial charge in [-0.15, -0.1) is 0 Å². The van der Waals surface area contributed by atoms with Gasteiger partial charge in [0.05, 0.1) is 19.6 Å². The second-order valence-electron chi connectivity index (χ2n) is 10.9. The van der Waals surface area contributed by atoms with E-state index in [0.29, 0.717) is 0 Å². The summed E-state index contributed by atoms with van der Waals surface area (Å²) in [7, 11) is -16.0. The highest BCUT2D eigenvalue weighted by Crippen LogP contribution is 2.22. The monoisotopic (exact) mass is 784 g/mol. The molecule has 0 aliphatic heterocycles. The molecule has 0 radical (unpaired) electrons. The van der Waals surface area contributed by atoms with Gasteiger partial charge >= 0.3 is 0 Å². The molecule has 5 aromatic carbocycles. The van der Waals surface area contributed by atoms with Crippen LogP contribution in [0.5, 0.6) is 0 Å². The van der Waals surface area contributed by atoms with Gasteiger partial charge in [0.1, 0.15) is 0 Å². The highest BCUT2D eigenvalue weighted by molar-refractivity contribution is 7.93. The minimum absolute atomic E-state index is 0.106. The number of sulfonamides is 4. The van der Waals surface area contributed by atoms with Crippen LogP contribution >= 0.6 is 0 Å². The first-order valence-corrected chi connectivity index (χ1v) is 20.6. The van der Waals surface area contributed by atoms with Gasteiger partial charge in [-0.3, -0.25) is 19.0 Å². The van der Waals surface area contributed by atoms with Crippen LogP contribution in [-0.2, 0) is 40.1 Å². The van der Waals surface area contributed by atoms with Gasteiger partial charge in [0.15, 0.2) is 0 Å². The van der Waals surface area contributed by atoms with Crippen molar-refractivity contribution in [3.05, 3.63) is 132 Å². The first-order chi connectivity index (χ1) is 24.3. The number of carbonyl (C=O) groups is 2. The van der Waals surface area contributed by atoms with Crippen molar-refractivity contribution in [3.8, 4) is 0 Å². The van der Waals surface area contributed by atoms with Crippen LogP contribution in [0.1, 0.15) is 20.7 Å². The predicted molar refractivity (Wildman–Crippen MR) is 192 cm³/mol. The number of amides is 2. The Morgan fingerprint density at radius 3 is 0.885 bits per heavy atom. The van der Waals surface area contributed by atoms with E-state index in [0.717, 1.165) is 24.3 Å². The first-order valence-electron chi connectivity index (χ1n) is 14.5. The van der Waals surface area contributed by atoms with Crippen molar-refractivity contribution in [2.24, 2.45) is 10.3 Å². The van der Waals surface area contributed by atoms with Crippen molar-refractivity contribution in [2.75, 3.05) is 20.1 Å². The smallest absolute Gasteiger partial charge is 0.261 e. The predicted octanol–water partition coefficient (Wildman–Crippen LogP) is 3.09. The molecule has 16 nitrogen and oxygen atoms in total. The van der Waals surface area contributed by atoms with Crippen LogP contribution in [0.2, 0.25) is 0 Å². The molecule has 0 aromatic heterocycles. The fraction of sp³-hybridized carbons (Fsp3) is 0. The Labute approximate surface area is 299 Å². The summed E-state index contributed by atoms with van der Waals surface area (Å²) in [6.07, 6.45) is 0. The fourth-order valence-electron chi connectivity index (χ4n) is 4.47. The molecule has 0 heterocycles. The Morgan fingerprint density at radius 1 is 0.365 bits per heavy atom. The molecule has 0 fully saturated rings. The van der Waals surface area contributed by atoms with E-state index < -0.39 is 51.9 Å².